The second-order valence-electron chi connectivity index (χ2n) is 5.60. The van der Waals surface area contributed by atoms with E-state index in [0.717, 1.165) is 5.56 Å². The van der Waals surface area contributed by atoms with Crippen molar-refractivity contribution in [1.82, 2.24) is 0 Å². The number of anilines is 1. The number of carbonyl (C=O) groups is 2. The molecule has 1 atom stereocenters. The van der Waals surface area contributed by atoms with Crippen molar-refractivity contribution in [2.45, 2.75) is 12.3 Å². The Hall–Kier alpha value is -3.02. The summed E-state index contributed by atoms with van der Waals surface area (Å²) in [7, 11) is 0. The van der Waals surface area contributed by atoms with E-state index < -0.39 is 17.6 Å². The van der Waals surface area contributed by atoms with Crippen LogP contribution >= 0.6 is 0 Å². The number of para-hydroxylation sites is 1. The largest absolute Gasteiger partial charge is 0.449 e. The molecule has 2 aromatic carbocycles. The first-order valence-electron chi connectivity index (χ1n) is 7.46. The monoisotopic (exact) mass is 328 g/mol. The van der Waals surface area contributed by atoms with Crippen molar-refractivity contribution in [2.75, 3.05) is 18.5 Å². The van der Waals surface area contributed by atoms with Gasteiger partial charge in [-0.05, 0) is 24.6 Å². The first-order valence-corrected chi connectivity index (χ1v) is 7.46. The molecule has 0 bridgehead atoms. The molecule has 126 valence electrons. The summed E-state index contributed by atoms with van der Waals surface area (Å²) in [5, 5.41) is 2.64. The lowest BCUT2D eigenvalue weighted by atomic mass is 9.84. The van der Waals surface area contributed by atoms with Crippen molar-refractivity contribution in [1.29, 1.82) is 0 Å². The van der Waals surface area contributed by atoms with E-state index in [1.807, 2.05) is 55.5 Å². The zero-order chi connectivity index (χ0) is 17.4. The number of nitrogens with one attached hydrogen (secondary N) is 1. The van der Waals surface area contributed by atoms with E-state index >= 15 is 0 Å². The summed E-state index contributed by atoms with van der Waals surface area (Å²) < 4.78 is 10.3. The Balaban J connectivity index is 2.02. The van der Waals surface area contributed by atoms with E-state index in [2.05, 4.69) is 5.32 Å². The Kier molecular flexibility index (Phi) is 5.78. The van der Waals surface area contributed by atoms with Crippen molar-refractivity contribution < 1.29 is 19.1 Å². The molecular formula is C18H20N2O4. The molecule has 0 aliphatic carbocycles. The van der Waals surface area contributed by atoms with Crippen LogP contribution in [0.2, 0.25) is 0 Å². The number of benzene rings is 2. The van der Waals surface area contributed by atoms with Gasteiger partial charge in [-0.1, -0.05) is 48.5 Å². The lowest BCUT2D eigenvalue weighted by Crippen LogP contribution is -2.37. The van der Waals surface area contributed by atoms with Gasteiger partial charge in [-0.15, -0.1) is 0 Å². The summed E-state index contributed by atoms with van der Waals surface area (Å²) in [6.07, 6.45) is -1.45. The third kappa shape index (κ3) is 5.01. The number of carbonyl (C=O) groups excluding carboxylic acids is 2. The second-order valence-corrected chi connectivity index (χ2v) is 5.60. The Morgan fingerprint density at radius 1 is 0.958 bits per heavy atom. The van der Waals surface area contributed by atoms with E-state index in [9.17, 15) is 9.59 Å². The van der Waals surface area contributed by atoms with Crippen molar-refractivity contribution >= 4 is 17.9 Å². The number of rotatable bonds is 6. The lowest BCUT2D eigenvalue weighted by Gasteiger charge is -2.28. The van der Waals surface area contributed by atoms with Crippen LogP contribution in [0.4, 0.5) is 15.3 Å². The number of primary amides is 1. The van der Waals surface area contributed by atoms with Crippen LogP contribution in [0.3, 0.4) is 0 Å². The molecule has 24 heavy (non-hydrogen) atoms. The summed E-state index contributed by atoms with van der Waals surface area (Å²) in [6, 6.07) is 18.3. The van der Waals surface area contributed by atoms with Gasteiger partial charge in [-0.3, -0.25) is 5.32 Å². The average Bonchev–Trinajstić information content (AvgIpc) is 2.60. The maximum absolute atomic E-state index is 12.0. The fraction of sp³-hybridized carbons (Fsp3) is 0.222. The second kappa shape index (κ2) is 8.01. The van der Waals surface area contributed by atoms with E-state index in [1.54, 1.807) is 12.1 Å². The predicted octanol–water partition coefficient (Wildman–Crippen LogP) is 3.29. The molecule has 0 radical (unpaired) electrons. The fourth-order valence-corrected chi connectivity index (χ4v) is 2.18. The number of nitrogens with two attached hydrogens (primary N) is 1. The standard InChI is InChI=1S/C18H20N2O4/c1-18(12-23-16(19)21,14-8-4-2-5-9-14)13-24-17(22)20-15-10-6-3-7-11-15/h2-11H,12-13H2,1H3,(H2,19,21)(H,20,22). The highest BCUT2D eigenvalue weighted by Crippen LogP contribution is 2.25. The van der Waals surface area contributed by atoms with Crippen LogP contribution in [0, 0.1) is 0 Å². The van der Waals surface area contributed by atoms with Crippen molar-refractivity contribution in [2.24, 2.45) is 5.73 Å². The van der Waals surface area contributed by atoms with Crippen LogP contribution in [-0.4, -0.2) is 25.4 Å². The van der Waals surface area contributed by atoms with Crippen molar-refractivity contribution in [3.05, 3.63) is 66.2 Å². The molecule has 3 N–H and O–H groups in total. The van der Waals surface area contributed by atoms with Gasteiger partial charge in [0.25, 0.3) is 0 Å². The highest BCUT2D eigenvalue weighted by Gasteiger charge is 2.30. The quantitative estimate of drug-likeness (QED) is 0.851. The minimum Gasteiger partial charge on any atom is -0.449 e. The minimum absolute atomic E-state index is 0.00492. The third-order valence-corrected chi connectivity index (χ3v) is 3.55. The number of amides is 2. The maximum atomic E-state index is 12.0. The first kappa shape index (κ1) is 17.3. The summed E-state index contributed by atoms with van der Waals surface area (Å²) in [5.74, 6) is 0. The molecular weight excluding hydrogens is 308 g/mol. The highest BCUT2D eigenvalue weighted by molar-refractivity contribution is 5.84. The molecule has 0 heterocycles. The van der Waals surface area contributed by atoms with Gasteiger partial charge in [0.2, 0.25) is 0 Å². The number of hydrogen-bond acceptors (Lipinski definition) is 4. The summed E-state index contributed by atoms with van der Waals surface area (Å²) in [6.45, 7) is 1.87. The normalized spacial score (nSPS) is 12.7. The molecule has 0 aromatic heterocycles. The first-order chi connectivity index (χ1) is 11.5. The lowest BCUT2D eigenvalue weighted by molar-refractivity contribution is 0.0834. The SMILES string of the molecule is CC(COC(N)=O)(COC(=O)Nc1ccccc1)c1ccccc1. The molecule has 0 spiro atoms. The molecule has 0 aliphatic heterocycles. The molecule has 2 aromatic rings. The molecule has 6 nitrogen and oxygen atoms in total. The number of ether oxygens (including phenoxy) is 2. The van der Waals surface area contributed by atoms with Gasteiger partial charge < -0.3 is 15.2 Å². The molecule has 0 saturated carbocycles. The zero-order valence-corrected chi connectivity index (χ0v) is 13.4. The Labute approximate surface area is 140 Å². The Morgan fingerprint density at radius 3 is 2.08 bits per heavy atom. The van der Waals surface area contributed by atoms with Crippen LogP contribution in [0.5, 0.6) is 0 Å². The zero-order valence-electron chi connectivity index (χ0n) is 13.4. The van der Waals surface area contributed by atoms with Gasteiger partial charge in [-0.2, -0.15) is 0 Å². The third-order valence-electron chi connectivity index (χ3n) is 3.55. The topological polar surface area (TPSA) is 90.7 Å². The van der Waals surface area contributed by atoms with Crippen molar-refractivity contribution in [3.63, 3.8) is 0 Å². The fourth-order valence-electron chi connectivity index (χ4n) is 2.18. The highest BCUT2D eigenvalue weighted by atomic mass is 16.6. The summed E-state index contributed by atoms with van der Waals surface area (Å²) in [5.41, 5.74) is 5.86. The summed E-state index contributed by atoms with van der Waals surface area (Å²) >= 11 is 0. The smallest absolute Gasteiger partial charge is 0.411 e. The van der Waals surface area contributed by atoms with Crippen LogP contribution < -0.4 is 11.1 Å². The molecule has 6 heteroatoms. The Morgan fingerprint density at radius 2 is 1.50 bits per heavy atom. The van der Waals surface area contributed by atoms with Gasteiger partial charge >= 0.3 is 12.2 Å². The van der Waals surface area contributed by atoms with Crippen LogP contribution in [-0.2, 0) is 14.9 Å². The average molecular weight is 328 g/mol. The van der Waals surface area contributed by atoms with E-state index in [1.165, 1.54) is 0 Å². The van der Waals surface area contributed by atoms with Crippen molar-refractivity contribution in [3.8, 4) is 0 Å². The maximum Gasteiger partial charge on any atom is 0.411 e. The van der Waals surface area contributed by atoms with E-state index in [4.69, 9.17) is 15.2 Å². The predicted molar refractivity (Wildman–Crippen MR) is 90.7 cm³/mol. The van der Waals surface area contributed by atoms with Gasteiger partial charge in [0.05, 0.1) is 5.41 Å². The van der Waals surface area contributed by atoms with Crippen LogP contribution in [0.25, 0.3) is 0 Å². The molecule has 0 saturated heterocycles. The van der Waals surface area contributed by atoms with Gasteiger partial charge in [-0.25, -0.2) is 9.59 Å². The van der Waals surface area contributed by atoms with Crippen LogP contribution in [0.1, 0.15) is 12.5 Å². The molecule has 2 rings (SSSR count). The minimum atomic E-state index is -0.870. The summed E-state index contributed by atoms with van der Waals surface area (Å²) in [4.78, 5) is 22.9. The van der Waals surface area contributed by atoms with E-state index in [-0.39, 0.29) is 13.2 Å². The molecule has 0 aliphatic rings. The van der Waals surface area contributed by atoms with E-state index in [0.29, 0.717) is 5.69 Å². The number of hydrogen-bond donors (Lipinski definition) is 2. The molecule has 0 fully saturated rings. The van der Waals surface area contributed by atoms with Gasteiger partial charge in [0.15, 0.2) is 0 Å². The van der Waals surface area contributed by atoms with Crippen LogP contribution in [0.15, 0.2) is 60.7 Å². The van der Waals surface area contributed by atoms with Gasteiger partial charge in [0.1, 0.15) is 13.2 Å². The molecule has 1 unspecified atom stereocenters. The van der Waals surface area contributed by atoms with Gasteiger partial charge in [0, 0.05) is 5.69 Å². The Bertz CT molecular complexity index is 676. The molecule has 2 amide bonds.